The minimum atomic E-state index is -0.0192. The van der Waals surface area contributed by atoms with Gasteiger partial charge in [-0.15, -0.1) is 0 Å². The number of nitrogens with zero attached hydrogens (tertiary/aromatic N) is 3. The molecule has 0 aliphatic carbocycles. The van der Waals surface area contributed by atoms with Crippen molar-refractivity contribution in [1.82, 2.24) is 14.9 Å². The van der Waals surface area contributed by atoms with Crippen LogP contribution in [0.4, 0.5) is 5.82 Å². The zero-order valence-corrected chi connectivity index (χ0v) is 14.7. The molecule has 0 bridgehead atoms. The zero-order valence-electron chi connectivity index (χ0n) is 14.7. The highest BCUT2D eigenvalue weighted by Crippen LogP contribution is 2.20. The van der Waals surface area contributed by atoms with Crippen LogP contribution in [-0.2, 0) is 6.54 Å². The number of hydrogen-bond donors (Lipinski definition) is 1. The van der Waals surface area contributed by atoms with E-state index in [1.54, 1.807) is 13.2 Å². The van der Waals surface area contributed by atoms with Crippen LogP contribution in [0.2, 0.25) is 0 Å². The first kappa shape index (κ1) is 17.2. The summed E-state index contributed by atoms with van der Waals surface area (Å²) in [5.41, 5.74) is 1.47. The molecule has 0 spiro atoms. The fraction of sp³-hybridized carbons (Fsp3) is 0.421. The average molecular weight is 340 g/mol. The van der Waals surface area contributed by atoms with Gasteiger partial charge in [-0.1, -0.05) is 25.1 Å². The van der Waals surface area contributed by atoms with E-state index in [1.165, 1.54) is 12.7 Å². The molecule has 0 saturated carbocycles. The van der Waals surface area contributed by atoms with Gasteiger partial charge in [0.05, 0.1) is 7.11 Å². The molecule has 3 rings (SSSR count). The van der Waals surface area contributed by atoms with E-state index in [2.05, 4.69) is 22.2 Å². The van der Waals surface area contributed by atoms with Gasteiger partial charge >= 0.3 is 0 Å². The standard InChI is InChI=1S/C19H24N4O2/c1-14-6-5-9-23(12-14)19(24)16-10-18(22-13-21-16)20-11-15-7-3-4-8-17(15)25-2/h3-4,7-8,10,13-14H,5-6,9,11-12H2,1-2H3,(H,20,21,22). The largest absolute Gasteiger partial charge is 0.496 e. The number of carbonyl (C=O) groups is 1. The van der Waals surface area contributed by atoms with Crippen molar-refractivity contribution in [1.29, 1.82) is 0 Å². The van der Waals surface area contributed by atoms with Crippen molar-refractivity contribution < 1.29 is 9.53 Å². The molecule has 1 aliphatic rings. The van der Waals surface area contributed by atoms with Crippen LogP contribution in [0, 0.1) is 5.92 Å². The number of ether oxygens (including phenoxy) is 1. The predicted octanol–water partition coefficient (Wildman–Crippen LogP) is 2.97. The van der Waals surface area contributed by atoms with E-state index in [1.807, 2.05) is 29.2 Å². The summed E-state index contributed by atoms with van der Waals surface area (Å²) < 4.78 is 5.35. The van der Waals surface area contributed by atoms with Crippen LogP contribution in [0.15, 0.2) is 36.7 Å². The van der Waals surface area contributed by atoms with Crippen molar-refractivity contribution in [3.63, 3.8) is 0 Å². The highest BCUT2D eigenvalue weighted by Gasteiger charge is 2.23. The first-order valence-electron chi connectivity index (χ1n) is 8.64. The molecule has 2 aromatic rings. The highest BCUT2D eigenvalue weighted by atomic mass is 16.5. The molecule has 0 radical (unpaired) electrons. The Hall–Kier alpha value is -2.63. The van der Waals surface area contributed by atoms with Crippen LogP contribution in [0.1, 0.15) is 35.8 Å². The SMILES string of the molecule is COc1ccccc1CNc1cc(C(=O)N2CCCC(C)C2)ncn1. The molecule has 25 heavy (non-hydrogen) atoms. The maximum atomic E-state index is 12.7. The topological polar surface area (TPSA) is 67.3 Å². The quantitative estimate of drug-likeness (QED) is 0.906. The number of aromatic nitrogens is 2. The molecule has 1 N–H and O–H groups in total. The number of anilines is 1. The van der Waals surface area contributed by atoms with Gasteiger partial charge in [-0.25, -0.2) is 9.97 Å². The molecule has 1 atom stereocenters. The van der Waals surface area contributed by atoms with Crippen LogP contribution < -0.4 is 10.1 Å². The van der Waals surface area contributed by atoms with Crippen LogP contribution in [0.25, 0.3) is 0 Å². The molecule has 1 aliphatic heterocycles. The normalized spacial score (nSPS) is 17.2. The fourth-order valence-electron chi connectivity index (χ4n) is 3.14. The molecule has 1 amide bonds. The van der Waals surface area contributed by atoms with Gasteiger partial charge in [0.2, 0.25) is 0 Å². The molecule has 1 unspecified atom stereocenters. The summed E-state index contributed by atoms with van der Waals surface area (Å²) in [6.45, 7) is 4.35. The molecule has 2 heterocycles. The van der Waals surface area contributed by atoms with Crippen molar-refractivity contribution in [2.75, 3.05) is 25.5 Å². The average Bonchev–Trinajstić information content (AvgIpc) is 2.66. The minimum absolute atomic E-state index is 0.0192. The first-order chi connectivity index (χ1) is 12.2. The molecule has 1 fully saturated rings. The number of benzene rings is 1. The van der Waals surface area contributed by atoms with E-state index < -0.39 is 0 Å². The van der Waals surface area contributed by atoms with Crippen molar-refractivity contribution in [3.05, 3.63) is 47.9 Å². The fourth-order valence-corrected chi connectivity index (χ4v) is 3.14. The number of para-hydroxylation sites is 1. The molecule has 1 aromatic carbocycles. The second kappa shape index (κ2) is 7.96. The van der Waals surface area contributed by atoms with Crippen molar-refractivity contribution in [2.24, 2.45) is 5.92 Å². The third kappa shape index (κ3) is 4.26. The minimum Gasteiger partial charge on any atom is -0.496 e. The molecule has 132 valence electrons. The second-order valence-corrected chi connectivity index (χ2v) is 6.45. The Kier molecular flexibility index (Phi) is 5.48. The lowest BCUT2D eigenvalue weighted by Gasteiger charge is -2.30. The van der Waals surface area contributed by atoms with Crippen LogP contribution >= 0.6 is 0 Å². The number of rotatable bonds is 5. The number of piperidine rings is 1. The van der Waals surface area contributed by atoms with Crippen molar-refractivity contribution in [3.8, 4) is 5.75 Å². The van der Waals surface area contributed by atoms with Crippen molar-refractivity contribution >= 4 is 11.7 Å². The third-order valence-corrected chi connectivity index (χ3v) is 4.48. The van der Waals surface area contributed by atoms with Crippen LogP contribution in [-0.4, -0.2) is 41.0 Å². The number of nitrogens with one attached hydrogen (secondary N) is 1. The Labute approximate surface area is 148 Å². The summed E-state index contributed by atoms with van der Waals surface area (Å²) in [5, 5.41) is 3.24. The van der Waals surface area contributed by atoms with Gasteiger partial charge in [0.15, 0.2) is 0 Å². The molecule has 1 saturated heterocycles. The summed E-state index contributed by atoms with van der Waals surface area (Å²) in [6.07, 6.45) is 3.67. The van der Waals surface area contributed by atoms with E-state index in [0.29, 0.717) is 24.0 Å². The van der Waals surface area contributed by atoms with E-state index in [-0.39, 0.29) is 5.91 Å². The third-order valence-electron chi connectivity index (χ3n) is 4.48. The summed E-state index contributed by atoms with van der Waals surface area (Å²) in [4.78, 5) is 22.9. The number of amides is 1. The monoisotopic (exact) mass is 340 g/mol. The molecular formula is C19H24N4O2. The molecule has 1 aromatic heterocycles. The summed E-state index contributed by atoms with van der Waals surface area (Å²) >= 11 is 0. The Morgan fingerprint density at radius 1 is 1.36 bits per heavy atom. The van der Waals surface area contributed by atoms with E-state index in [9.17, 15) is 4.79 Å². The molecule has 6 nitrogen and oxygen atoms in total. The van der Waals surface area contributed by atoms with E-state index >= 15 is 0 Å². The number of likely N-dealkylation sites (tertiary alicyclic amines) is 1. The highest BCUT2D eigenvalue weighted by molar-refractivity contribution is 5.93. The predicted molar refractivity (Wildman–Crippen MR) is 96.7 cm³/mol. The lowest BCUT2D eigenvalue weighted by molar-refractivity contribution is 0.0677. The number of carbonyl (C=O) groups excluding carboxylic acids is 1. The summed E-state index contributed by atoms with van der Waals surface area (Å²) in [5.74, 6) is 1.98. The van der Waals surface area contributed by atoms with Gasteiger partial charge in [0, 0.05) is 31.3 Å². The Bertz CT molecular complexity index is 735. The lowest BCUT2D eigenvalue weighted by Crippen LogP contribution is -2.39. The Morgan fingerprint density at radius 3 is 3.00 bits per heavy atom. The smallest absolute Gasteiger partial charge is 0.272 e. The maximum Gasteiger partial charge on any atom is 0.272 e. The number of methoxy groups -OCH3 is 1. The van der Waals surface area contributed by atoms with Crippen LogP contribution in [0.3, 0.4) is 0 Å². The maximum absolute atomic E-state index is 12.7. The lowest BCUT2D eigenvalue weighted by atomic mass is 10.00. The van der Waals surface area contributed by atoms with Crippen LogP contribution in [0.5, 0.6) is 5.75 Å². The van der Waals surface area contributed by atoms with Gasteiger partial charge in [-0.05, 0) is 24.8 Å². The zero-order chi connectivity index (χ0) is 17.6. The molecular weight excluding hydrogens is 316 g/mol. The van der Waals surface area contributed by atoms with Crippen molar-refractivity contribution in [2.45, 2.75) is 26.3 Å². The molecule has 6 heteroatoms. The van der Waals surface area contributed by atoms with E-state index in [0.717, 1.165) is 30.8 Å². The Morgan fingerprint density at radius 2 is 2.20 bits per heavy atom. The second-order valence-electron chi connectivity index (χ2n) is 6.45. The van der Waals surface area contributed by atoms with Gasteiger partial charge < -0.3 is 15.0 Å². The van der Waals surface area contributed by atoms with Gasteiger partial charge in [0.25, 0.3) is 5.91 Å². The van der Waals surface area contributed by atoms with Gasteiger partial charge in [-0.3, -0.25) is 4.79 Å². The Balaban J connectivity index is 1.68. The first-order valence-corrected chi connectivity index (χ1v) is 8.64. The van der Waals surface area contributed by atoms with E-state index in [4.69, 9.17) is 4.74 Å². The summed E-state index contributed by atoms with van der Waals surface area (Å²) in [7, 11) is 1.65. The van der Waals surface area contributed by atoms with Gasteiger partial charge in [0.1, 0.15) is 23.6 Å². The number of hydrogen-bond acceptors (Lipinski definition) is 5. The van der Waals surface area contributed by atoms with Gasteiger partial charge in [-0.2, -0.15) is 0 Å². The summed E-state index contributed by atoms with van der Waals surface area (Å²) in [6, 6.07) is 9.53.